The van der Waals surface area contributed by atoms with Gasteiger partial charge in [0.25, 0.3) is 11.8 Å². The molecule has 2 N–H and O–H groups in total. The number of hydrogen-bond donors (Lipinski definition) is 2. The molecule has 1 saturated heterocycles. The summed E-state index contributed by atoms with van der Waals surface area (Å²) in [5.74, 6) is -1.91. The first-order chi connectivity index (χ1) is 15.5. The summed E-state index contributed by atoms with van der Waals surface area (Å²) in [4.78, 5) is 35.4. The van der Waals surface area contributed by atoms with Crippen molar-refractivity contribution < 1.29 is 18.4 Å². The lowest BCUT2D eigenvalue weighted by Gasteiger charge is -2.36. The molecule has 0 saturated carbocycles. The van der Waals surface area contributed by atoms with Crippen molar-refractivity contribution in [3.63, 3.8) is 0 Å². The summed E-state index contributed by atoms with van der Waals surface area (Å²) in [6.45, 7) is 1.05. The number of halogens is 2. The van der Waals surface area contributed by atoms with Crippen molar-refractivity contribution in [1.29, 1.82) is 0 Å². The van der Waals surface area contributed by atoms with E-state index < -0.39 is 11.6 Å². The van der Waals surface area contributed by atoms with Gasteiger partial charge in [0.2, 0.25) is 0 Å². The smallest absolute Gasteiger partial charge is 0.254 e. The average molecular weight is 439 g/mol. The van der Waals surface area contributed by atoms with Gasteiger partial charge in [-0.1, -0.05) is 6.07 Å². The van der Waals surface area contributed by atoms with Gasteiger partial charge in [-0.2, -0.15) is 0 Å². The SMILES string of the molecule is CNC(=O)c1cccc(C(=O)N2CCCC[C@H]2CNc2cnc3cc(F)c(F)cc3n2)c1. The van der Waals surface area contributed by atoms with Crippen LogP contribution in [0.3, 0.4) is 0 Å². The van der Waals surface area contributed by atoms with Gasteiger partial charge in [0.15, 0.2) is 11.6 Å². The van der Waals surface area contributed by atoms with Crippen LogP contribution in [0.5, 0.6) is 0 Å². The largest absolute Gasteiger partial charge is 0.367 e. The highest BCUT2D eigenvalue weighted by molar-refractivity contribution is 5.99. The first-order valence-electron chi connectivity index (χ1n) is 10.4. The zero-order valence-corrected chi connectivity index (χ0v) is 17.6. The molecule has 2 aromatic carbocycles. The number of carbonyl (C=O) groups excluding carboxylic acids is 2. The highest BCUT2D eigenvalue weighted by Crippen LogP contribution is 2.22. The van der Waals surface area contributed by atoms with Crippen molar-refractivity contribution in [2.75, 3.05) is 25.5 Å². The van der Waals surface area contributed by atoms with Gasteiger partial charge in [-0.25, -0.2) is 13.8 Å². The van der Waals surface area contributed by atoms with Crippen LogP contribution >= 0.6 is 0 Å². The maximum atomic E-state index is 13.5. The monoisotopic (exact) mass is 439 g/mol. The molecule has 2 heterocycles. The highest BCUT2D eigenvalue weighted by Gasteiger charge is 2.28. The summed E-state index contributed by atoms with van der Waals surface area (Å²) in [7, 11) is 1.55. The van der Waals surface area contributed by atoms with Crippen LogP contribution in [-0.2, 0) is 0 Å². The molecule has 0 spiro atoms. The minimum atomic E-state index is -0.980. The van der Waals surface area contributed by atoms with E-state index in [4.69, 9.17) is 0 Å². The van der Waals surface area contributed by atoms with Crippen LogP contribution in [0.25, 0.3) is 11.0 Å². The number of piperidine rings is 1. The molecule has 2 amide bonds. The Kier molecular flexibility index (Phi) is 6.25. The van der Waals surface area contributed by atoms with Crippen LogP contribution in [-0.4, -0.2) is 52.9 Å². The first-order valence-corrected chi connectivity index (χ1v) is 10.4. The van der Waals surface area contributed by atoms with E-state index in [2.05, 4.69) is 20.6 Å². The fraction of sp³-hybridized carbons (Fsp3) is 0.304. The van der Waals surface area contributed by atoms with Gasteiger partial charge in [-0.3, -0.25) is 14.6 Å². The predicted molar refractivity (Wildman–Crippen MR) is 116 cm³/mol. The van der Waals surface area contributed by atoms with E-state index in [1.54, 1.807) is 31.3 Å². The van der Waals surface area contributed by atoms with Crippen molar-refractivity contribution in [2.24, 2.45) is 0 Å². The Morgan fingerprint density at radius 3 is 2.62 bits per heavy atom. The van der Waals surface area contributed by atoms with Crippen molar-refractivity contribution in [3.05, 3.63) is 65.4 Å². The van der Waals surface area contributed by atoms with Crippen LogP contribution in [0.1, 0.15) is 40.0 Å². The third kappa shape index (κ3) is 4.51. The lowest BCUT2D eigenvalue weighted by Crippen LogP contribution is -2.47. The van der Waals surface area contributed by atoms with Crippen molar-refractivity contribution in [2.45, 2.75) is 25.3 Å². The number of amides is 2. The maximum Gasteiger partial charge on any atom is 0.254 e. The Bertz CT molecular complexity index is 1170. The predicted octanol–water partition coefficient (Wildman–Crippen LogP) is 3.37. The second-order valence-corrected chi connectivity index (χ2v) is 7.70. The van der Waals surface area contributed by atoms with Gasteiger partial charge in [0.05, 0.1) is 17.2 Å². The van der Waals surface area contributed by atoms with E-state index in [9.17, 15) is 18.4 Å². The Balaban J connectivity index is 1.49. The molecular formula is C23H23F2N5O2. The number of likely N-dealkylation sites (tertiary alicyclic amines) is 1. The van der Waals surface area contributed by atoms with Gasteiger partial charge >= 0.3 is 0 Å². The second kappa shape index (κ2) is 9.25. The lowest BCUT2D eigenvalue weighted by atomic mass is 10.00. The molecule has 1 aliphatic rings. The summed E-state index contributed by atoms with van der Waals surface area (Å²) < 4.78 is 26.9. The quantitative estimate of drug-likeness (QED) is 0.637. The van der Waals surface area contributed by atoms with Crippen LogP contribution in [0.15, 0.2) is 42.6 Å². The number of hydrogen-bond acceptors (Lipinski definition) is 5. The molecule has 0 radical (unpaired) electrons. The Hall–Kier alpha value is -3.62. The summed E-state index contributed by atoms with van der Waals surface area (Å²) in [5.41, 5.74) is 1.40. The Labute approximate surface area is 183 Å². The van der Waals surface area contributed by atoms with Gasteiger partial charge in [0, 0.05) is 49.4 Å². The molecule has 1 atom stereocenters. The van der Waals surface area contributed by atoms with Crippen LogP contribution in [0.2, 0.25) is 0 Å². The molecule has 4 rings (SSSR count). The van der Waals surface area contributed by atoms with Crippen molar-refractivity contribution in [1.82, 2.24) is 20.2 Å². The van der Waals surface area contributed by atoms with Gasteiger partial charge < -0.3 is 15.5 Å². The molecule has 1 aliphatic heterocycles. The number of anilines is 1. The lowest BCUT2D eigenvalue weighted by molar-refractivity contribution is 0.0628. The summed E-state index contributed by atoms with van der Waals surface area (Å²) in [6.07, 6.45) is 4.16. The molecule has 7 nitrogen and oxygen atoms in total. The molecule has 32 heavy (non-hydrogen) atoms. The van der Waals surface area contributed by atoms with E-state index >= 15 is 0 Å². The number of nitrogens with zero attached hydrogens (tertiary/aromatic N) is 3. The van der Waals surface area contributed by atoms with Gasteiger partial charge in [0.1, 0.15) is 5.82 Å². The summed E-state index contributed by atoms with van der Waals surface area (Å²) in [6, 6.07) is 8.61. The zero-order valence-electron chi connectivity index (χ0n) is 17.6. The van der Waals surface area contributed by atoms with Crippen LogP contribution in [0, 0.1) is 11.6 Å². The summed E-state index contributed by atoms with van der Waals surface area (Å²) in [5, 5.41) is 5.73. The van der Waals surface area contributed by atoms with E-state index in [-0.39, 0.29) is 28.9 Å². The number of nitrogens with one attached hydrogen (secondary N) is 2. The number of benzene rings is 2. The molecular weight excluding hydrogens is 416 g/mol. The summed E-state index contributed by atoms with van der Waals surface area (Å²) >= 11 is 0. The third-order valence-corrected chi connectivity index (χ3v) is 5.59. The third-order valence-electron chi connectivity index (χ3n) is 5.59. The number of fused-ring (bicyclic) bond motifs is 1. The number of rotatable bonds is 5. The molecule has 9 heteroatoms. The molecule has 0 aliphatic carbocycles. The standard InChI is InChI=1S/C23H23F2N5O2/c1-26-22(31)14-5-4-6-15(9-14)23(32)30-8-3-2-7-16(30)12-28-21-13-27-19-10-17(24)18(25)11-20(19)29-21/h4-6,9-11,13,16H,2-3,7-8,12H2,1H3,(H,26,31)(H,28,29)/t16-/m0/s1. The van der Waals surface area contributed by atoms with Crippen molar-refractivity contribution >= 4 is 28.7 Å². The molecule has 166 valence electrons. The minimum Gasteiger partial charge on any atom is -0.367 e. The van der Waals surface area contributed by atoms with E-state index in [0.717, 1.165) is 31.4 Å². The van der Waals surface area contributed by atoms with E-state index in [1.807, 2.05) is 4.90 Å². The Morgan fingerprint density at radius 2 is 1.84 bits per heavy atom. The molecule has 0 unspecified atom stereocenters. The zero-order chi connectivity index (χ0) is 22.7. The van der Waals surface area contributed by atoms with E-state index in [0.29, 0.717) is 30.0 Å². The molecule has 1 aromatic heterocycles. The topological polar surface area (TPSA) is 87.2 Å². The van der Waals surface area contributed by atoms with Crippen LogP contribution < -0.4 is 10.6 Å². The average Bonchev–Trinajstić information content (AvgIpc) is 2.82. The number of aromatic nitrogens is 2. The van der Waals surface area contributed by atoms with E-state index in [1.165, 1.54) is 6.20 Å². The highest BCUT2D eigenvalue weighted by atomic mass is 19.2. The maximum absolute atomic E-state index is 13.5. The fourth-order valence-corrected chi connectivity index (χ4v) is 3.90. The normalized spacial score (nSPS) is 16.1. The van der Waals surface area contributed by atoms with Gasteiger partial charge in [-0.15, -0.1) is 0 Å². The fourth-order valence-electron chi connectivity index (χ4n) is 3.90. The van der Waals surface area contributed by atoms with Crippen molar-refractivity contribution in [3.8, 4) is 0 Å². The first kappa shape index (κ1) is 21.6. The molecule has 0 bridgehead atoms. The van der Waals surface area contributed by atoms with Crippen LogP contribution in [0.4, 0.5) is 14.6 Å². The molecule has 3 aromatic rings. The Morgan fingerprint density at radius 1 is 1.09 bits per heavy atom. The second-order valence-electron chi connectivity index (χ2n) is 7.70. The number of carbonyl (C=O) groups is 2. The van der Waals surface area contributed by atoms with Gasteiger partial charge in [-0.05, 0) is 37.5 Å². The minimum absolute atomic E-state index is 0.0811. The molecule has 1 fully saturated rings.